The zero-order valence-corrected chi connectivity index (χ0v) is 8.57. The lowest BCUT2D eigenvalue weighted by atomic mass is 10.3. The highest BCUT2D eigenvalue weighted by molar-refractivity contribution is 7.18. The lowest BCUT2D eigenvalue weighted by molar-refractivity contribution is 0.0701. The Balaban J connectivity index is 2.86. The highest BCUT2D eigenvalue weighted by atomic mass is 32.1. The van der Waals surface area contributed by atoms with Gasteiger partial charge in [-0.05, 0) is 18.6 Å². The predicted molar refractivity (Wildman–Crippen MR) is 54.1 cm³/mol. The number of hydrogen-bond acceptors (Lipinski definition) is 3. The number of anilines is 1. The van der Waals surface area contributed by atoms with Crippen LogP contribution in [0, 0.1) is 6.92 Å². The lowest BCUT2D eigenvalue weighted by Gasteiger charge is -1.98. The van der Waals surface area contributed by atoms with Crippen LogP contribution in [0.15, 0.2) is 6.07 Å². The van der Waals surface area contributed by atoms with Crippen LogP contribution >= 0.6 is 11.3 Å². The Bertz CT molecular complexity index is 373. The zero-order chi connectivity index (χ0) is 10.7. The van der Waals surface area contributed by atoms with E-state index in [2.05, 4.69) is 10.6 Å². The van der Waals surface area contributed by atoms with Crippen LogP contribution in [0.1, 0.15) is 15.2 Å². The molecule has 0 atom stereocenters. The molecule has 1 aromatic heterocycles. The van der Waals surface area contributed by atoms with Gasteiger partial charge in [0.05, 0.1) is 5.00 Å². The van der Waals surface area contributed by atoms with Gasteiger partial charge in [-0.3, -0.25) is 5.32 Å². The first-order valence-electron chi connectivity index (χ1n) is 3.87. The normalized spacial score (nSPS) is 9.57. The highest BCUT2D eigenvalue weighted by Crippen LogP contribution is 2.26. The van der Waals surface area contributed by atoms with Gasteiger partial charge in [-0.15, -0.1) is 11.3 Å². The molecule has 0 saturated heterocycles. The maximum atomic E-state index is 10.9. The fraction of sp³-hybridized carbons (Fsp3) is 0.250. The molecule has 0 spiro atoms. The van der Waals surface area contributed by atoms with Crippen LogP contribution in [-0.2, 0) is 0 Å². The summed E-state index contributed by atoms with van der Waals surface area (Å²) in [4.78, 5) is 21.8. The predicted octanol–water partition coefficient (Wildman–Crippen LogP) is 1.51. The van der Waals surface area contributed by atoms with Crippen LogP contribution in [0.5, 0.6) is 0 Å². The van der Waals surface area contributed by atoms with Crippen molar-refractivity contribution in [2.45, 2.75) is 6.92 Å². The van der Waals surface area contributed by atoms with Crippen molar-refractivity contribution in [1.82, 2.24) is 5.32 Å². The first-order chi connectivity index (χ1) is 6.54. The van der Waals surface area contributed by atoms with Crippen LogP contribution in [-0.4, -0.2) is 24.2 Å². The van der Waals surface area contributed by atoms with Crippen LogP contribution < -0.4 is 10.6 Å². The molecule has 14 heavy (non-hydrogen) atoms. The average molecular weight is 214 g/mol. The maximum Gasteiger partial charge on any atom is 0.346 e. The Morgan fingerprint density at radius 1 is 1.50 bits per heavy atom. The molecular weight excluding hydrogens is 204 g/mol. The fourth-order valence-corrected chi connectivity index (χ4v) is 1.84. The van der Waals surface area contributed by atoms with E-state index in [1.807, 2.05) is 0 Å². The number of amides is 2. The molecule has 0 aliphatic rings. The van der Waals surface area contributed by atoms with Crippen molar-refractivity contribution in [3.63, 3.8) is 0 Å². The van der Waals surface area contributed by atoms with E-state index in [4.69, 9.17) is 5.11 Å². The molecule has 1 rings (SSSR count). The molecule has 1 heterocycles. The van der Waals surface area contributed by atoms with Gasteiger partial charge in [0, 0.05) is 7.05 Å². The third-order valence-electron chi connectivity index (χ3n) is 1.58. The second-order valence-corrected chi connectivity index (χ2v) is 3.68. The second-order valence-electron chi connectivity index (χ2n) is 2.63. The molecule has 0 saturated carbocycles. The number of carbonyl (C=O) groups is 2. The number of urea groups is 1. The Hall–Kier alpha value is -1.56. The molecule has 0 aliphatic heterocycles. The minimum Gasteiger partial charge on any atom is -0.477 e. The van der Waals surface area contributed by atoms with E-state index < -0.39 is 5.97 Å². The number of carboxylic acid groups (broad SMARTS) is 1. The van der Waals surface area contributed by atoms with E-state index in [0.29, 0.717) is 10.6 Å². The molecule has 6 heteroatoms. The molecule has 0 unspecified atom stereocenters. The van der Waals surface area contributed by atoms with Gasteiger partial charge in [-0.25, -0.2) is 9.59 Å². The third kappa shape index (κ3) is 2.23. The summed E-state index contributed by atoms with van der Waals surface area (Å²) in [7, 11) is 1.49. The fourth-order valence-electron chi connectivity index (χ4n) is 0.930. The van der Waals surface area contributed by atoms with Crippen molar-refractivity contribution in [2.75, 3.05) is 12.4 Å². The highest BCUT2D eigenvalue weighted by Gasteiger charge is 2.12. The first-order valence-corrected chi connectivity index (χ1v) is 4.68. The molecule has 0 radical (unpaired) electrons. The monoisotopic (exact) mass is 214 g/mol. The van der Waals surface area contributed by atoms with Gasteiger partial charge in [0.15, 0.2) is 0 Å². The summed E-state index contributed by atoms with van der Waals surface area (Å²) in [6, 6.07) is 1.27. The number of carboxylic acids is 1. The summed E-state index contributed by atoms with van der Waals surface area (Å²) in [6.07, 6.45) is 0. The molecule has 0 aliphatic carbocycles. The summed E-state index contributed by atoms with van der Waals surface area (Å²) in [6.45, 7) is 1.69. The minimum absolute atomic E-state index is 0.247. The van der Waals surface area contributed by atoms with Crippen LogP contribution in [0.2, 0.25) is 0 Å². The average Bonchev–Trinajstić information content (AvgIpc) is 2.46. The molecular formula is C8H10N2O3S. The van der Waals surface area contributed by atoms with Crippen molar-refractivity contribution < 1.29 is 14.7 Å². The molecule has 2 amide bonds. The van der Waals surface area contributed by atoms with E-state index in [1.165, 1.54) is 7.05 Å². The lowest BCUT2D eigenvalue weighted by Crippen LogP contribution is -2.23. The maximum absolute atomic E-state index is 10.9. The van der Waals surface area contributed by atoms with Crippen LogP contribution in [0.4, 0.5) is 9.80 Å². The molecule has 0 bridgehead atoms. The Kier molecular flexibility index (Phi) is 3.08. The van der Waals surface area contributed by atoms with Crippen molar-refractivity contribution in [3.05, 3.63) is 16.5 Å². The number of aryl methyl sites for hydroxylation is 1. The number of aromatic carboxylic acids is 1. The summed E-state index contributed by atoms with van der Waals surface area (Å²) in [5.74, 6) is -0.975. The number of carbonyl (C=O) groups excluding carboxylic acids is 1. The van der Waals surface area contributed by atoms with Crippen molar-refractivity contribution in [3.8, 4) is 0 Å². The standard InChI is InChI=1S/C8H10N2O3S/c1-4-3-5(10-8(13)9-2)14-6(4)7(11)12/h3H,1-2H3,(H,11,12)(H2,9,10,13). The van der Waals surface area contributed by atoms with E-state index in [9.17, 15) is 9.59 Å². The number of hydrogen-bond donors (Lipinski definition) is 3. The first kappa shape index (κ1) is 10.5. The largest absolute Gasteiger partial charge is 0.477 e. The Morgan fingerprint density at radius 3 is 2.57 bits per heavy atom. The molecule has 1 aromatic rings. The van der Waals surface area contributed by atoms with Crippen LogP contribution in [0.3, 0.4) is 0 Å². The van der Waals surface area contributed by atoms with Gasteiger partial charge in [-0.2, -0.15) is 0 Å². The van der Waals surface area contributed by atoms with Gasteiger partial charge in [0.1, 0.15) is 4.88 Å². The van der Waals surface area contributed by atoms with E-state index in [-0.39, 0.29) is 10.9 Å². The zero-order valence-electron chi connectivity index (χ0n) is 7.75. The third-order valence-corrected chi connectivity index (χ3v) is 2.72. The molecule has 76 valence electrons. The number of thiophene rings is 1. The van der Waals surface area contributed by atoms with Crippen LogP contribution in [0.25, 0.3) is 0 Å². The Labute approximate surface area is 84.7 Å². The quantitative estimate of drug-likeness (QED) is 0.698. The smallest absolute Gasteiger partial charge is 0.346 e. The van der Waals surface area contributed by atoms with Crippen molar-refractivity contribution in [2.24, 2.45) is 0 Å². The summed E-state index contributed by atoms with van der Waals surface area (Å²) in [5.41, 5.74) is 0.647. The van der Waals surface area contributed by atoms with Gasteiger partial charge in [0.2, 0.25) is 0 Å². The van der Waals surface area contributed by atoms with Gasteiger partial charge < -0.3 is 10.4 Å². The Morgan fingerprint density at radius 2 is 2.14 bits per heavy atom. The second kappa shape index (κ2) is 4.10. The molecule has 5 nitrogen and oxygen atoms in total. The molecule has 3 N–H and O–H groups in total. The van der Waals surface area contributed by atoms with E-state index in [1.54, 1.807) is 13.0 Å². The number of nitrogens with one attached hydrogen (secondary N) is 2. The van der Waals surface area contributed by atoms with Gasteiger partial charge >= 0.3 is 12.0 Å². The van der Waals surface area contributed by atoms with Crippen molar-refractivity contribution >= 4 is 28.3 Å². The topological polar surface area (TPSA) is 78.4 Å². The number of rotatable bonds is 2. The summed E-state index contributed by atoms with van der Waals surface area (Å²) in [5, 5.41) is 14.2. The molecule has 0 aromatic carbocycles. The van der Waals surface area contributed by atoms with E-state index >= 15 is 0 Å². The summed E-state index contributed by atoms with van der Waals surface area (Å²) >= 11 is 1.04. The minimum atomic E-state index is -0.975. The SMILES string of the molecule is CNC(=O)Nc1cc(C)c(C(=O)O)s1. The summed E-state index contributed by atoms with van der Waals surface area (Å²) < 4.78 is 0. The van der Waals surface area contributed by atoms with E-state index in [0.717, 1.165) is 11.3 Å². The van der Waals surface area contributed by atoms with Gasteiger partial charge in [0.25, 0.3) is 0 Å². The van der Waals surface area contributed by atoms with Crippen molar-refractivity contribution in [1.29, 1.82) is 0 Å². The van der Waals surface area contributed by atoms with Gasteiger partial charge in [-0.1, -0.05) is 0 Å². The molecule has 0 fully saturated rings.